The van der Waals surface area contributed by atoms with Crippen molar-refractivity contribution in [2.75, 3.05) is 4.72 Å². The van der Waals surface area contributed by atoms with Crippen LogP contribution in [0.2, 0.25) is 0 Å². The maximum absolute atomic E-state index is 11.7. The van der Waals surface area contributed by atoms with E-state index < -0.39 is 10.2 Å². The van der Waals surface area contributed by atoms with Gasteiger partial charge in [0.05, 0.1) is 5.69 Å². The van der Waals surface area contributed by atoms with Gasteiger partial charge in [-0.25, -0.2) is 0 Å². The van der Waals surface area contributed by atoms with Crippen molar-refractivity contribution in [2.45, 2.75) is 18.9 Å². The molecule has 0 bridgehead atoms. The molecule has 0 spiro atoms. The maximum atomic E-state index is 11.7. The predicted octanol–water partition coefficient (Wildman–Crippen LogP) is 0.379. The first kappa shape index (κ1) is 11.9. The van der Waals surface area contributed by atoms with Gasteiger partial charge in [0.15, 0.2) is 0 Å². The van der Waals surface area contributed by atoms with Crippen molar-refractivity contribution in [1.29, 1.82) is 5.41 Å². The fraction of sp³-hybridized carbons (Fsp3) is 0.300. The van der Waals surface area contributed by atoms with Gasteiger partial charge >= 0.3 is 0 Å². The number of benzene rings is 1. The van der Waals surface area contributed by atoms with Gasteiger partial charge in [-0.1, -0.05) is 12.1 Å². The molecule has 2 rings (SSSR count). The third-order valence-corrected chi connectivity index (χ3v) is 3.49. The number of hydrogen-bond donors (Lipinski definition) is 4. The van der Waals surface area contributed by atoms with Crippen LogP contribution < -0.4 is 15.2 Å². The number of amidine groups is 1. The van der Waals surface area contributed by atoms with Crippen LogP contribution in [-0.4, -0.2) is 20.3 Å². The highest BCUT2D eigenvalue weighted by molar-refractivity contribution is 7.90. The molecule has 0 amide bonds. The van der Waals surface area contributed by atoms with Crippen molar-refractivity contribution in [1.82, 2.24) is 4.72 Å². The summed E-state index contributed by atoms with van der Waals surface area (Å²) < 4.78 is 28.3. The second-order valence-electron chi connectivity index (χ2n) is 3.96. The Kier molecular flexibility index (Phi) is 3.03. The van der Waals surface area contributed by atoms with E-state index in [2.05, 4.69) is 9.44 Å². The highest BCUT2D eigenvalue weighted by Gasteiger charge is 2.27. The van der Waals surface area contributed by atoms with E-state index >= 15 is 0 Å². The lowest BCUT2D eigenvalue weighted by molar-refractivity contribution is 0.586. The van der Waals surface area contributed by atoms with Gasteiger partial charge in [0.1, 0.15) is 5.84 Å². The van der Waals surface area contributed by atoms with Gasteiger partial charge < -0.3 is 5.73 Å². The Hall–Kier alpha value is -1.60. The van der Waals surface area contributed by atoms with Crippen LogP contribution in [0.4, 0.5) is 5.69 Å². The monoisotopic (exact) mass is 254 g/mol. The Morgan fingerprint density at radius 2 is 2.00 bits per heavy atom. The topological polar surface area (TPSA) is 108 Å². The summed E-state index contributed by atoms with van der Waals surface area (Å²) in [4.78, 5) is 0. The van der Waals surface area contributed by atoms with E-state index in [1.165, 1.54) is 0 Å². The first-order valence-corrected chi connectivity index (χ1v) is 6.70. The molecule has 0 aliphatic heterocycles. The minimum atomic E-state index is -3.58. The summed E-state index contributed by atoms with van der Waals surface area (Å²) in [5.74, 6) is -0.172. The number of rotatable bonds is 5. The molecule has 1 aromatic carbocycles. The fourth-order valence-electron chi connectivity index (χ4n) is 1.40. The first-order chi connectivity index (χ1) is 7.98. The molecule has 5 N–H and O–H groups in total. The molecule has 92 valence electrons. The van der Waals surface area contributed by atoms with Crippen LogP contribution in [0.1, 0.15) is 18.4 Å². The van der Waals surface area contributed by atoms with Crippen LogP contribution in [0.25, 0.3) is 0 Å². The summed E-state index contributed by atoms with van der Waals surface area (Å²) in [6.45, 7) is 0. The smallest absolute Gasteiger partial charge is 0.299 e. The molecule has 1 aliphatic rings. The minimum Gasteiger partial charge on any atom is -0.384 e. The normalized spacial score (nSPS) is 15.5. The Labute approximate surface area is 99.9 Å². The van der Waals surface area contributed by atoms with E-state index in [0.717, 1.165) is 12.8 Å². The summed E-state index contributed by atoms with van der Waals surface area (Å²) in [6, 6.07) is 6.58. The molecule has 17 heavy (non-hydrogen) atoms. The number of para-hydroxylation sites is 1. The standard InChI is InChI=1S/C10H14N4O2S/c11-10(12)8-3-1-2-4-9(8)14-17(15,16)13-7-5-6-7/h1-4,7,13-14H,5-6H2,(H3,11,12). The molecule has 0 aromatic heterocycles. The van der Waals surface area contributed by atoms with E-state index in [9.17, 15) is 8.42 Å². The third-order valence-electron chi connectivity index (χ3n) is 2.36. The van der Waals surface area contributed by atoms with E-state index in [1.807, 2.05) is 0 Å². The molecular formula is C10H14N4O2S. The zero-order valence-electron chi connectivity index (χ0n) is 9.10. The lowest BCUT2D eigenvalue weighted by Gasteiger charge is -2.11. The van der Waals surface area contributed by atoms with Gasteiger partial charge in [-0.2, -0.15) is 13.1 Å². The summed E-state index contributed by atoms with van der Waals surface area (Å²) >= 11 is 0. The summed E-state index contributed by atoms with van der Waals surface area (Å²) in [6.07, 6.45) is 1.74. The molecule has 0 unspecified atom stereocenters. The SMILES string of the molecule is N=C(N)c1ccccc1NS(=O)(=O)NC1CC1. The highest BCUT2D eigenvalue weighted by Crippen LogP contribution is 2.21. The van der Waals surface area contributed by atoms with Crippen molar-refractivity contribution in [2.24, 2.45) is 5.73 Å². The van der Waals surface area contributed by atoms with E-state index in [4.69, 9.17) is 11.1 Å². The van der Waals surface area contributed by atoms with Gasteiger partial charge in [0.2, 0.25) is 0 Å². The quantitative estimate of drug-likeness (QED) is 0.450. The van der Waals surface area contributed by atoms with Crippen LogP contribution in [0, 0.1) is 5.41 Å². The Morgan fingerprint density at radius 1 is 1.35 bits per heavy atom. The summed E-state index contributed by atoms with van der Waals surface area (Å²) in [7, 11) is -3.58. The predicted molar refractivity (Wildman–Crippen MR) is 66.2 cm³/mol. The molecular weight excluding hydrogens is 240 g/mol. The summed E-state index contributed by atoms with van der Waals surface area (Å²) in [5, 5.41) is 7.36. The first-order valence-electron chi connectivity index (χ1n) is 5.21. The molecule has 0 radical (unpaired) electrons. The van der Waals surface area contributed by atoms with Gasteiger partial charge in [0, 0.05) is 11.6 Å². The van der Waals surface area contributed by atoms with Gasteiger partial charge in [-0.3, -0.25) is 10.1 Å². The lowest BCUT2D eigenvalue weighted by atomic mass is 10.2. The minimum absolute atomic E-state index is 0.0389. The number of anilines is 1. The average molecular weight is 254 g/mol. The van der Waals surface area contributed by atoms with E-state index in [0.29, 0.717) is 11.3 Å². The second-order valence-corrected chi connectivity index (χ2v) is 5.40. The zero-order chi connectivity index (χ0) is 12.5. The molecule has 7 heteroatoms. The van der Waals surface area contributed by atoms with E-state index in [-0.39, 0.29) is 11.9 Å². The van der Waals surface area contributed by atoms with Crippen molar-refractivity contribution in [3.63, 3.8) is 0 Å². The lowest BCUT2D eigenvalue weighted by Crippen LogP contribution is -2.32. The van der Waals surface area contributed by atoms with Gasteiger partial charge in [-0.05, 0) is 25.0 Å². The van der Waals surface area contributed by atoms with Crippen molar-refractivity contribution in [3.05, 3.63) is 29.8 Å². The van der Waals surface area contributed by atoms with Crippen LogP contribution >= 0.6 is 0 Å². The Morgan fingerprint density at radius 3 is 2.59 bits per heavy atom. The molecule has 0 atom stereocenters. The third kappa shape index (κ3) is 3.18. The van der Waals surface area contributed by atoms with E-state index in [1.54, 1.807) is 24.3 Å². The number of nitrogens with one attached hydrogen (secondary N) is 3. The highest BCUT2D eigenvalue weighted by atomic mass is 32.2. The molecule has 6 nitrogen and oxygen atoms in total. The molecule has 1 aliphatic carbocycles. The van der Waals surface area contributed by atoms with Gasteiger partial charge in [-0.15, -0.1) is 0 Å². The number of hydrogen-bond acceptors (Lipinski definition) is 3. The molecule has 0 heterocycles. The van der Waals surface area contributed by atoms with Crippen LogP contribution in [0.5, 0.6) is 0 Å². The average Bonchev–Trinajstić information content (AvgIpc) is 3.00. The second kappa shape index (κ2) is 4.34. The van der Waals surface area contributed by atoms with Crippen LogP contribution in [0.15, 0.2) is 24.3 Å². The van der Waals surface area contributed by atoms with Crippen molar-refractivity contribution >= 4 is 21.7 Å². The Bertz CT molecular complexity index is 537. The van der Waals surface area contributed by atoms with Gasteiger partial charge in [0.25, 0.3) is 10.2 Å². The molecule has 1 fully saturated rings. The zero-order valence-corrected chi connectivity index (χ0v) is 9.92. The van der Waals surface area contributed by atoms with Crippen molar-refractivity contribution < 1.29 is 8.42 Å². The number of nitrogen functional groups attached to an aromatic ring is 1. The van der Waals surface area contributed by atoms with Crippen LogP contribution in [-0.2, 0) is 10.2 Å². The maximum Gasteiger partial charge on any atom is 0.299 e. The summed E-state index contributed by atoms with van der Waals surface area (Å²) in [5.41, 5.74) is 6.06. The fourth-order valence-corrected chi connectivity index (χ4v) is 2.60. The molecule has 1 saturated carbocycles. The largest absolute Gasteiger partial charge is 0.384 e. The molecule has 0 saturated heterocycles. The Balaban J connectivity index is 2.20. The van der Waals surface area contributed by atoms with Crippen LogP contribution in [0.3, 0.4) is 0 Å². The number of nitrogens with two attached hydrogens (primary N) is 1. The molecule has 1 aromatic rings. The van der Waals surface area contributed by atoms with Crippen molar-refractivity contribution in [3.8, 4) is 0 Å².